The number of aliphatic carboxylic acids is 1. The van der Waals surface area contributed by atoms with Crippen LogP contribution >= 0.6 is 11.3 Å². The van der Waals surface area contributed by atoms with Gasteiger partial charge in [0.25, 0.3) is 0 Å². The molecule has 1 unspecified atom stereocenters. The van der Waals surface area contributed by atoms with E-state index in [1.165, 1.54) is 29.6 Å². The summed E-state index contributed by atoms with van der Waals surface area (Å²) in [6.45, 7) is 0. The highest BCUT2D eigenvalue weighted by Gasteiger charge is 2.50. The van der Waals surface area contributed by atoms with Crippen molar-refractivity contribution in [3.63, 3.8) is 0 Å². The van der Waals surface area contributed by atoms with Crippen LogP contribution in [-0.2, 0) is 24.5 Å². The van der Waals surface area contributed by atoms with E-state index < -0.39 is 46.0 Å². The molecular formula is C21H17NO6S3. The molecule has 0 aliphatic heterocycles. The zero-order valence-electron chi connectivity index (χ0n) is 15.9. The van der Waals surface area contributed by atoms with E-state index in [9.17, 15) is 26.7 Å². The molecule has 3 aromatic rings. The van der Waals surface area contributed by atoms with E-state index in [-0.39, 0.29) is 4.90 Å². The summed E-state index contributed by atoms with van der Waals surface area (Å²) in [5, 5.41) is 10.9. The molecule has 3 rings (SSSR count). The molecule has 0 spiro atoms. The third kappa shape index (κ3) is 4.26. The molecule has 31 heavy (non-hydrogen) atoms. The molecule has 0 radical (unpaired) electrons. The van der Waals surface area contributed by atoms with E-state index in [4.69, 9.17) is 5.73 Å². The standard InChI is InChI=1S/C21H17NO6S3/c22-21(20(23)24,14-7-10-16-8-3-1-4-9-16)31(27,28)19-18(13-15-29-19)30(25,26)17-11-5-2-6-12-17/h1-6,8-9,11-13,15H,14,22H2,(H,23,24). The maximum absolute atomic E-state index is 13.3. The van der Waals surface area contributed by atoms with Crippen LogP contribution in [0.2, 0.25) is 0 Å². The molecule has 0 saturated carbocycles. The fourth-order valence-electron chi connectivity index (χ4n) is 2.66. The molecule has 2 aromatic carbocycles. The van der Waals surface area contributed by atoms with Gasteiger partial charge in [0.05, 0.1) is 11.3 Å². The van der Waals surface area contributed by atoms with Crippen LogP contribution in [0.1, 0.15) is 12.0 Å². The van der Waals surface area contributed by atoms with Crippen LogP contribution in [-0.4, -0.2) is 32.8 Å². The van der Waals surface area contributed by atoms with Gasteiger partial charge in [-0.05, 0) is 35.7 Å². The number of hydrogen-bond donors (Lipinski definition) is 2. The SMILES string of the molecule is NC(CC#Cc1ccccc1)(C(=O)O)S(=O)(=O)c1sccc1S(=O)(=O)c1ccccc1. The maximum atomic E-state index is 13.3. The summed E-state index contributed by atoms with van der Waals surface area (Å²) in [4.78, 5) is 8.45. The highest BCUT2D eigenvalue weighted by Crippen LogP contribution is 2.36. The van der Waals surface area contributed by atoms with E-state index in [1.807, 2.05) is 0 Å². The molecule has 0 saturated heterocycles. The second-order valence-corrected chi connectivity index (χ2v) is 11.7. The second-order valence-electron chi connectivity index (χ2n) is 6.43. The zero-order chi connectivity index (χ0) is 22.7. The summed E-state index contributed by atoms with van der Waals surface area (Å²) in [6.07, 6.45) is -0.734. The summed E-state index contributed by atoms with van der Waals surface area (Å²) in [6, 6.07) is 16.9. The minimum absolute atomic E-state index is 0.119. The van der Waals surface area contributed by atoms with E-state index in [0.29, 0.717) is 16.9 Å². The Morgan fingerprint density at radius 3 is 2.13 bits per heavy atom. The first-order valence-electron chi connectivity index (χ1n) is 8.79. The first kappa shape index (κ1) is 22.7. The van der Waals surface area contributed by atoms with Crippen LogP contribution in [0.15, 0.2) is 86.1 Å². The monoisotopic (exact) mass is 475 g/mol. The van der Waals surface area contributed by atoms with Gasteiger partial charge in [-0.15, -0.1) is 11.3 Å². The first-order chi connectivity index (χ1) is 14.6. The number of carboxylic acid groups (broad SMARTS) is 1. The Morgan fingerprint density at radius 2 is 1.55 bits per heavy atom. The molecule has 0 aliphatic rings. The van der Waals surface area contributed by atoms with E-state index in [2.05, 4.69) is 11.8 Å². The van der Waals surface area contributed by atoms with Crippen molar-refractivity contribution in [3.05, 3.63) is 77.7 Å². The Labute approximate surface area is 184 Å². The van der Waals surface area contributed by atoms with E-state index >= 15 is 0 Å². The molecule has 7 nitrogen and oxygen atoms in total. The average molecular weight is 476 g/mol. The average Bonchev–Trinajstić information content (AvgIpc) is 3.26. The van der Waals surface area contributed by atoms with Gasteiger partial charge in [0.2, 0.25) is 24.5 Å². The topological polar surface area (TPSA) is 132 Å². The quantitative estimate of drug-likeness (QED) is 0.524. The fourth-order valence-corrected chi connectivity index (χ4v) is 7.90. The highest BCUT2D eigenvalue weighted by atomic mass is 32.2. The number of carbonyl (C=O) groups is 1. The molecule has 10 heteroatoms. The van der Waals surface area contributed by atoms with Crippen molar-refractivity contribution in [1.29, 1.82) is 0 Å². The molecule has 3 N–H and O–H groups in total. The first-order valence-corrected chi connectivity index (χ1v) is 12.6. The van der Waals surface area contributed by atoms with Crippen LogP contribution < -0.4 is 5.73 Å². The zero-order valence-corrected chi connectivity index (χ0v) is 18.4. The maximum Gasteiger partial charge on any atom is 0.341 e. The van der Waals surface area contributed by atoms with Crippen LogP contribution in [0.5, 0.6) is 0 Å². The van der Waals surface area contributed by atoms with Crippen molar-refractivity contribution in [1.82, 2.24) is 0 Å². The number of thiophene rings is 1. The van der Waals surface area contributed by atoms with Gasteiger partial charge in [0, 0.05) is 5.56 Å². The molecule has 1 aromatic heterocycles. The van der Waals surface area contributed by atoms with Crippen molar-refractivity contribution in [3.8, 4) is 11.8 Å². The molecule has 1 atom stereocenters. The van der Waals surface area contributed by atoms with Gasteiger partial charge in [-0.3, -0.25) is 0 Å². The minimum atomic E-state index is -4.82. The summed E-state index contributed by atoms with van der Waals surface area (Å²) >= 11 is 0.593. The van der Waals surface area contributed by atoms with E-state index in [1.54, 1.807) is 36.4 Å². The summed E-state index contributed by atoms with van der Waals surface area (Å²) < 4.78 is 51.9. The largest absolute Gasteiger partial charge is 0.479 e. The number of carboxylic acids is 1. The van der Waals surface area contributed by atoms with Gasteiger partial charge in [0.15, 0.2) is 0 Å². The number of hydrogen-bond acceptors (Lipinski definition) is 7. The summed E-state index contributed by atoms with van der Waals surface area (Å²) in [7, 11) is -9.03. The van der Waals surface area contributed by atoms with E-state index in [0.717, 1.165) is 6.07 Å². The third-order valence-electron chi connectivity index (χ3n) is 4.38. The fraction of sp³-hybridized carbons (Fsp3) is 0.0952. The Kier molecular flexibility index (Phi) is 6.33. The number of benzene rings is 2. The number of sulfone groups is 2. The molecular weight excluding hydrogens is 458 g/mol. The van der Waals surface area contributed by atoms with Gasteiger partial charge in [-0.2, -0.15) is 0 Å². The van der Waals surface area contributed by atoms with Crippen molar-refractivity contribution >= 4 is 37.0 Å². The molecule has 0 amide bonds. The van der Waals surface area contributed by atoms with Gasteiger partial charge >= 0.3 is 5.97 Å². The van der Waals surface area contributed by atoms with Gasteiger partial charge in [-0.1, -0.05) is 48.2 Å². The molecule has 160 valence electrons. The lowest BCUT2D eigenvalue weighted by Crippen LogP contribution is -2.54. The number of rotatable bonds is 6. The van der Waals surface area contributed by atoms with Crippen LogP contribution in [0, 0.1) is 11.8 Å². The van der Waals surface area contributed by atoms with Gasteiger partial charge in [-0.25, -0.2) is 21.6 Å². The Hall–Kier alpha value is -2.97. The normalized spacial score (nSPS) is 13.6. The predicted octanol–water partition coefficient (Wildman–Crippen LogP) is 2.54. The summed E-state index contributed by atoms with van der Waals surface area (Å²) in [5.41, 5.74) is 6.40. The smallest absolute Gasteiger partial charge is 0.341 e. The third-order valence-corrected chi connectivity index (χ3v) is 10.1. The van der Waals surface area contributed by atoms with Crippen LogP contribution in [0.25, 0.3) is 0 Å². The van der Waals surface area contributed by atoms with Crippen molar-refractivity contribution < 1.29 is 26.7 Å². The Bertz CT molecular complexity index is 1370. The molecule has 1 heterocycles. The lowest BCUT2D eigenvalue weighted by Gasteiger charge is -2.22. The lowest BCUT2D eigenvalue weighted by atomic mass is 10.2. The van der Waals surface area contributed by atoms with Crippen LogP contribution in [0.4, 0.5) is 0 Å². The minimum Gasteiger partial charge on any atom is -0.479 e. The van der Waals surface area contributed by atoms with Gasteiger partial charge < -0.3 is 10.8 Å². The molecule has 0 fully saturated rings. The molecule has 0 aliphatic carbocycles. The highest BCUT2D eigenvalue weighted by molar-refractivity contribution is 7.97. The Balaban J connectivity index is 2.07. The van der Waals surface area contributed by atoms with Crippen LogP contribution in [0.3, 0.4) is 0 Å². The van der Waals surface area contributed by atoms with Gasteiger partial charge in [0.1, 0.15) is 9.10 Å². The second kappa shape index (κ2) is 8.64. The van der Waals surface area contributed by atoms with Crippen molar-refractivity contribution in [2.45, 2.75) is 25.3 Å². The molecule has 0 bridgehead atoms. The van der Waals surface area contributed by atoms with Crippen molar-refractivity contribution in [2.24, 2.45) is 5.73 Å². The number of nitrogens with two attached hydrogens (primary N) is 1. The summed E-state index contributed by atoms with van der Waals surface area (Å²) in [5.74, 6) is 3.34. The Morgan fingerprint density at radius 1 is 0.968 bits per heavy atom. The van der Waals surface area contributed by atoms with Crippen molar-refractivity contribution in [2.75, 3.05) is 0 Å². The lowest BCUT2D eigenvalue weighted by molar-refractivity contribution is -0.139. The predicted molar refractivity (Wildman–Crippen MR) is 116 cm³/mol.